The van der Waals surface area contributed by atoms with Crippen LogP contribution in [0.25, 0.3) is 0 Å². The zero-order chi connectivity index (χ0) is 14.7. The lowest BCUT2D eigenvalue weighted by Gasteiger charge is -2.18. The zero-order valence-electron chi connectivity index (χ0n) is 10.2. The first-order valence-corrected chi connectivity index (χ1v) is 6.91. The molecule has 0 saturated carbocycles. The Morgan fingerprint density at radius 2 is 2.05 bits per heavy atom. The van der Waals surface area contributed by atoms with Crippen LogP contribution in [0.1, 0.15) is 11.6 Å². The van der Waals surface area contributed by atoms with E-state index in [1.165, 1.54) is 12.1 Å². The van der Waals surface area contributed by atoms with E-state index in [-0.39, 0.29) is 0 Å². The quantitative estimate of drug-likeness (QED) is 0.872. The third-order valence-corrected chi connectivity index (χ3v) is 3.62. The summed E-state index contributed by atoms with van der Waals surface area (Å²) in [4.78, 5) is 11.6. The molecule has 0 saturated heterocycles. The molecule has 3 nitrogen and oxygen atoms in total. The molecule has 1 atom stereocenters. The van der Waals surface area contributed by atoms with Crippen LogP contribution in [-0.2, 0) is 4.79 Å². The van der Waals surface area contributed by atoms with E-state index in [9.17, 15) is 9.18 Å². The van der Waals surface area contributed by atoms with Crippen molar-refractivity contribution in [3.63, 3.8) is 0 Å². The molecular formula is C14H11BrClFN2O. The Kier molecular flexibility index (Phi) is 4.62. The second-order valence-electron chi connectivity index (χ2n) is 4.16. The molecule has 0 radical (unpaired) electrons. The molecule has 0 aliphatic heterocycles. The molecule has 1 amide bonds. The van der Waals surface area contributed by atoms with Crippen LogP contribution in [0, 0.1) is 5.82 Å². The van der Waals surface area contributed by atoms with Crippen LogP contribution in [0.15, 0.2) is 46.9 Å². The molecule has 3 N–H and O–H groups in total. The van der Waals surface area contributed by atoms with E-state index in [1.807, 2.05) is 0 Å². The molecule has 0 aliphatic rings. The third-order valence-electron chi connectivity index (χ3n) is 2.69. The molecule has 2 rings (SSSR count). The van der Waals surface area contributed by atoms with Crippen LogP contribution >= 0.6 is 27.5 Å². The Bertz CT molecular complexity index is 651. The number of hydrogen-bond donors (Lipinski definition) is 2. The third kappa shape index (κ3) is 3.49. The minimum atomic E-state index is -0.788. The van der Waals surface area contributed by atoms with E-state index in [2.05, 4.69) is 21.2 Å². The van der Waals surface area contributed by atoms with Crippen molar-refractivity contribution in [1.82, 2.24) is 0 Å². The smallest absolute Gasteiger partial charge is 0.244 e. The summed E-state index contributed by atoms with van der Waals surface area (Å²) in [6, 6.07) is 10.0. The van der Waals surface area contributed by atoms with Crippen LogP contribution in [0.2, 0.25) is 5.02 Å². The zero-order valence-corrected chi connectivity index (χ0v) is 12.6. The molecule has 2 aromatic carbocycles. The Balaban J connectivity index is 2.34. The Morgan fingerprint density at radius 1 is 1.30 bits per heavy atom. The van der Waals surface area contributed by atoms with Gasteiger partial charge < -0.3 is 11.1 Å². The topological polar surface area (TPSA) is 55.1 Å². The highest BCUT2D eigenvalue weighted by atomic mass is 79.9. The minimum absolute atomic E-state index is 0.395. The molecule has 0 bridgehead atoms. The molecule has 0 spiro atoms. The average molecular weight is 358 g/mol. The van der Waals surface area contributed by atoms with Crippen molar-refractivity contribution in [2.45, 2.75) is 6.04 Å². The summed E-state index contributed by atoms with van der Waals surface area (Å²) >= 11 is 9.20. The summed E-state index contributed by atoms with van der Waals surface area (Å²) in [6.07, 6.45) is 0. The Hall–Kier alpha value is -1.59. The highest BCUT2D eigenvalue weighted by molar-refractivity contribution is 9.10. The normalized spacial score (nSPS) is 11.9. The van der Waals surface area contributed by atoms with Crippen molar-refractivity contribution in [1.29, 1.82) is 0 Å². The van der Waals surface area contributed by atoms with E-state index in [1.54, 1.807) is 30.3 Å². The second kappa shape index (κ2) is 6.24. The van der Waals surface area contributed by atoms with Crippen molar-refractivity contribution in [2.24, 2.45) is 5.73 Å². The number of carbonyl (C=O) groups excluding carboxylic acids is 1. The predicted octanol–water partition coefficient (Wildman–Crippen LogP) is 3.88. The first-order chi connectivity index (χ1) is 9.47. The van der Waals surface area contributed by atoms with Crippen molar-refractivity contribution >= 4 is 39.1 Å². The number of primary amides is 1. The van der Waals surface area contributed by atoms with Gasteiger partial charge in [-0.25, -0.2) is 4.39 Å². The predicted molar refractivity (Wildman–Crippen MR) is 81.1 cm³/mol. The van der Waals surface area contributed by atoms with Gasteiger partial charge in [-0.05, 0) is 35.9 Å². The van der Waals surface area contributed by atoms with Gasteiger partial charge in [0.1, 0.15) is 11.9 Å². The van der Waals surface area contributed by atoms with Gasteiger partial charge in [-0.15, -0.1) is 0 Å². The van der Waals surface area contributed by atoms with Gasteiger partial charge >= 0.3 is 0 Å². The minimum Gasteiger partial charge on any atom is -0.370 e. The molecular weight excluding hydrogens is 347 g/mol. The second-order valence-corrected chi connectivity index (χ2v) is 5.45. The SMILES string of the molecule is NC(=O)C(Nc1cccc(F)c1)c1ccc(Cl)cc1Br. The lowest BCUT2D eigenvalue weighted by Crippen LogP contribution is -2.28. The van der Waals surface area contributed by atoms with Crippen LogP contribution in [-0.4, -0.2) is 5.91 Å². The van der Waals surface area contributed by atoms with Crippen LogP contribution in [0.3, 0.4) is 0 Å². The summed E-state index contributed by atoms with van der Waals surface area (Å²) in [5.41, 5.74) is 6.51. The molecule has 1 unspecified atom stereocenters. The fraction of sp³-hybridized carbons (Fsp3) is 0.0714. The van der Waals surface area contributed by atoms with Gasteiger partial charge in [-0.3, -0.25) is 4.79 Å². The molecule has 6 heteroatoms. The van der Waals surface area contributed by atoms with Gasteiger partial charge in [-0.2, -0.15) is 0 Å². The van der Waals surface area contributed by atoms with E-state index in [4.69, 9.17) is 17.3 Å². The van der Waals surface area contributed by atoms with Gasteiger partial charge in [0.15, 0.2) is 0 Å². The van der Waals surface area contributed by atoms with Gasteiger partial charge in [0.25, 0.3) is 0 Å². The number of rotatable bonds is 4. The van der Waals surface area contributed by atoms with Crippen molar-refractivity contribution in [3.05, 3.63) is 63.3 Å². The number of amides is 1. The molecule has 20 heavy (non-hydrogen) atoms. The largest absolute Gasteiger partial charge is 0.370 e. The van der Waals surface area contributed by atoms with Crippen molar-refractivity contribution in [3.8, 4) is 0 Å². The Labute approximate surface area is 129 Å². The first kappa shape index (κ1) is 14.8. The fourth-order valence-electron chi connectivity index (χ4n) is 1.78. The molecule has 0 heterocycles. The van der Waals surface area contributed by atoms with Crippen molar-refractivity contribution < 1.29 is 9.18 Å². The van der Waals surface area contributed by atoms with E-state index < -0.39 is 17.8 Å². The first-order valence-electron chi connectivity index (χ1n) is 5.74. The van der Waals surface area contributed by atoms with Gasteiger partial charge in [0.2, 0.25) is 5.91 Å². The maximum Gasteiger partial charge on any atom is 0.244 e. The van der Waals surface area contributed by atoms with E-state index >= 15 is 0 Å². The summed E-state index contributed by atoms with van der Waals surface area (Å²) in [6.45, 7) is 0. The molecule has 2 aromatic rings. The molecule has 0 fully saturated rings. The number of halogens is 3. The van der Waals surface area contributed by atoms with Gasteiger partial charge in [0.05, 0.1) is 0 Å². The summed E-state index contributed by atoms with van der Waals surface area (Å²) in [5, 5.41) is 3.44. The number of nitrogens with two attached hydrogens (primary N) is 1. The molecule has 0 aliphatic carbocycles. The number of anilines is 1. The lowest BCUT2D eigenvalue weighted by molar-refractivity contribution is -0.118. The van der Waals surface area contributed by atoms with Crippen LogP contribution < -0.4 is 11.1 Å². The van der Waals surface area contributed by atoms with Gasteiger partial charge in [-0.1, -0.05) is 39.7 Å². The number of benzene rings is 2. The Morgan fingerprint density at radius 3 is 2.65 bits per heavy atom. The van der Waals surface area contributed by atoms with E-state index in [0.717, 1.165) is 0 Å². The van der Waals surface area contributed by atoms with Crippen LogP contribution in [0.4, 0.5) is 10.1 Å². The number of hydrogen-bond acceptors (Lipinski definition) is 2. The summed E-state index contributed by atoms with van der Waals surface area (Å²) in [5.74, 6) is -0.967. The van der Waals surface area contributed by atoms with E-state index in [0.29, 0.717) is 20.7 Å². The highest BCUT2D eigenvalue weighted by Crippen LogP contribution is 2.29. The number of nitrogens with one attached hydrogen (secondary N) is 1. The molecule has 104 valence electrons. The highest BCUT2D eigenvalue weighted by Gasteiger charge is 2.20. The molecule has 0 aromatic heterocycles. The maximum atomic E-state index is 13.2. The average Bonchev–Trinajstić information content (AvgIpc) is 2.36. The maximum absolute atomic E-state index is 13.2. The standard InChI is InChI=1S/C14H11BrClFN2O/c15-12-6-8(16)4-5-11(12)13(14(18)20)19-10-3-1-2-9(17)7-10/h1-7,13,19H,(H2,18,20). The summed E-state index contributed by atoms with van der Waals surface area (Å²) in [7, 11) is 0. The number of carbonyl (C=O) groups is 1. The summed E-state index contributed by atoms with van der Waals surface area (Å²) < 4.78 is 13.8. The monoisotopic (exact) mass is 356 g/mol. The van der Waals surface area contributed by atoms with Gasteiger partial charge in [0, 0.05) is 15.2 Å². The van der Waals surface area contributed by atoms with Crippen LogP contribution in [0.5, 0.6) is 0 Å². The van der Waals surface area contributed by atoms with Crippen molar-refractivity contribution in [2.75, 3.05) is 5.32 Å². The fourth-order valence-corrected chi connectivity index (χ4v) is 2.69. The lowest BCUT2D eigenvalue weighted by atomic mass is 10.1.